The van der Waals surface area contributed by atoms with E-state index in [9.17, 15) is 4.79 Å². The van der Waals surface area contributed by atoms with Gasteiger partial charge in [-0.15, -0.1) is 0 Å². The van der Waals surface area contributed by atoms with Gasteiger partial charge in [-0.05, 0) is 36.6 Å². The van der Waals surface area contributed by atoms with Crippen molar-refractivity contribution in [2.75, 3.05) is 0 Å². The Balaban J connectivity index is 1.99. The third-order valence-corrected chi connectivity index (χ3v) is 4.01. The van der Waals surface area contributed by atoms with Crippen LogP contribution in [0.1, 0.15) is 30.9 Å². The second-order valence-corrected chi connectivity index (χ2v) is 5.92. The summed E-state index contributed by atoms with van der Waals surface area (Å²) >= 11 is 12.1. The van der Waals surface area contributed by atoms with Gasteiger partial charge < -0.3 is 10.6 Å². The van der Waals surface area contributed by atoms with Gasteiger partial charge in [0.25, 0.3) is 0 Å². The minimum Gasteiger partial charge on any atom is -0.331 e. The SMILES string of the molecule is NC1CC(=O)N(C2CC2)C1c1cc(Cl)cc(Cl)c1. The highest BCUT2D eigenvalue weighted by Gasteiger charge is 2.45. The Morgan fingerprint density at radius 3 is 2.33 bits per heavy atom. The van der Waals surface area contributed by atoms with Crippen molar-refractivity contribution in [3.63, 3.8) is 0 Å². The van der Waals surface area contributed by atoms with Crippen molar-refractivity contribution in [1.29, 1.82) is 0 Å². The molecule has 5 heteroatoms. The fraction of sp³-hybridized carbons (Fsp3) is 0.462. The third kappa shape index (κ3) is 2.11. The van der Waals surface area contributed by atoms with Crippen LogP contribution in [0.3, 0.4) is 0 Å². The highest BCUT2D eigenvalue weighted by Crippen LogP contribution is 2.42. The molecule has 18 heavy (non-hydrogen) atoms. The maximum Gasteiger partial charge on any atom is 0.225 e. The van der Waals surface area contributed by atoms with Crippen molar-refractivity contribution in [2.45, 2.75) is 37.4 Å². The standard InChI is InChI=1S/C13H14Cl2N2O/c14-8-3-7(4-9(15)5-8)13-11(16)6-12(18)17(13)10-1-2-10/h3-5,10-11,13H,1-2,6,16H2. The quantitative estimate of drug-likeness (QED) is 0.908. The molecule has 0 radical (unpaired) electrons. The number of nitrogens with zero attached hydrogens (tertiary/aromatic N) is 1. The van der Waals surface area contributed by atoms with Crippen LogP contribution in [0.25, 0.3) is 0 Å². The van der Waals surface area contributed by atoms with E-state index in [4.69, 9.17) is 28.9 Å². The molecule has 2 atom stereocenters. The maximum absolute atomic E-state index is 12.0. The van der Waals surface area contributed by atoms with Crippen LogP contribution in [-0.4, -0.2) is 22.9 Å². The highest BCUT2D eigenvalue weighted by atomic mass is 35.5. The van der Waals surface area contributed by atoms with Crippen LogP contribution in [-0.2, 0) is 4.79 Å². The maximum atomic E-state index is 12.0. The molecule has 3 nitrogen and oxygen atoms in total. The largest absolute Gasteiger partial charge is 0.331 e. The lowest BCUT2D eigenvalue weighted by Gasteiger charge is -2.27. The Kier molecular flexibility index (Phi) is 3.00. The second kappa shape index (κ2) is 4.41. The number of likely N-dealkylation sites (tertiary alicyclic amines) is 1. The summed E-state index contributed by atoms with van der Waals surface area (Å²) in [6.45, 7) is 0. The zero-order valence-corrected chi connectivity index (χ0v) is 11.3. The Morgan fingerprint density at radius 2 is 1.78 bits per heavy atom. The van der Waals surface area contributed by atoms with Crippen LogP contribution in [0.15, 0.2) is 18.2 Å². The summed E-state index contributed by atoms with van der Waals surface area (Å²) in [5.74, 6) is 0.145. The smallest absolute Gasteiger partial charge is 0.225 e. The van der Waals surface area contributed by atoms with Gasteiger partial charge in [-0.1, -0.05) is 23.2 Å². The molecule has 0 aromatic heterocycles. The number of carbonyl (C=O) groups is 1. The summed E-state index contributed by atoms with van der Waals surface area (Å²) in [7, 11) is 0. The van der Waals surface area contributed by atoms with Gasteiger partial charge >= 0.3 is 0 Å². The predicted octanol–water partition coefficient (Wildman–Crippen LogP) is 2.76. The van der Waals surface area contributed by atoms with Gasteiger partial charge in [0.2, 0.25) is 5.91 Å². The van der Waals surface area contributed by atoms with Gasteiger partial charge in [0.1, 0.15) is 0 Å². The van der Waals surface area contributed by atoms with Crippen molar-refractivity contribution in [2.24, 2.45) is 5.73 Å². The lowest BCUT2D eigenvalue weighted by Crippen LogP contribution is -2.34. The van der Waals surface area contributed by atoms with Crippen LogP contribution >= 0.6 is 23.2 Å². The molecule has 2 N–H and O–H groups in total. The average Bonchev–Trinajstić information content (AvgIpc) is 3.03. The van der Waals surface area contributed by atoms with Crippen molar-refractivity contribution < 1.29 is 4.79 Å². The second-order valence-electron chi connectivity index (χ2n) is 5.05. The van der Waals surface area contributed by atoms with E-state index < -0.39 is 0 Å². The molecule has 96 valence electrons. The zero-order chi connectivity index (χ0) is 12.9. The van der Waals surface area contributed by atoms with E-state index in [1.165, 1.54) is 0 Å². The monoisotopic (exact) mass is 284 g/mol. The molecule has 1 aliphatic heterocycles. The minimum atomic E-state index is -0.173. The first-order valence-electron chi connectivity index (χ1n) is 6.09. The van der Waals surface area contributed by atoms with Crippen LogP contribution in [0.2, 0.25) is 10.0 Å². The van der Waals surface area contributed by atoms with Crippen molar-refractivity contribution in [3.8, 4) is 0 Å². The summed E-state index contributed by atoms with van der Waals surface area (Å²) in [5.41, 5.74) is 7.05. The third-order valence-electron chi connectivity index (χ3n) is 3.57. The van der Waals surface area contributed by atoms with Gasteiger partial charge in [-0.3, -0.25) is 4.79 Å². The molecule has 0 bridgehead atoms. The Bertz CT molecular complexity index is 482. The summed E-state index contributed by atoms with van der Waals surface area (Å²) < 4.78 is 0. The molecule has 1 amide bonds. The number of benzene rings is 1. The van der Waals surface area contributed by atoms with Crippen LogP contribution in [0, 0.1) is 0 Å². The number of rotatable bonds is 2. The van der Waals surface area contributed by atoms with Crippen LogP contribution in [0.4, 0.5) is 0 Å². The van der Waals surface area contributed by atoms with E-state index in [1.807, 2.05) is 17.0 Å². The van der Waals surface area contributed by atoms with Gasteiger partial charge in [0.05, 0.1) is 6.04 Å². The zero-order valence-electron chi connectivity index (χ0n) is 9.77. The summed E-state index contributed by atoms with van der Waals surface area (Å²) in [4.78, 5) is 13.9. The predicted molar refractivity (Wildman–Crippen MR) is 71.7 cm³/mol. The number of halogens is 2. The molecular weight excluding hydrogens is 271 g/mol. The molecule has 2 aliphatic rings. The molecule has 2 fully saturated rings. The van der Waals surface area contributed by atoms with Crippen molar-refractivity contribution >= 4 is 29.1 Å². The fourth-order valence-electron chi connectivity index (χ4n) is 2.72. The van der Waals surface area contributed by atoms with E-state index >= 15 is 0 Å². The topological polar surface area (TPSA) is 46.3 Å². The van der Waals surface area contributed by atoms with Crippen LogP contribution < -0.4 is 5.73 Å². The summed E-state index contributed by atoms with van der Waals surface area (Å²) in [6, 6.07) is 5.50. The van der Waals surface area contributed by atoms with E-state index in [1.54, 1.807) is 6.07 Å². The first-order chi connectivity index (χ1) is 8.56. The van der Waals surface area contributed by atoms with Crippen LogP contribution in [0.5, 0.6) is 0 Å². The Hall–Kier alpha value is -0.770. The molecule has 1 saturated carbocycles. The Morgan fingerprint density at radius 1 is 1.17 bits per heavy atom. The molecule has 1 saturated heterocycles. The van der Waals surface area contributed by atoms with Gasteiger partial charge in [-0.25, -0.2) is 0 Å². The number of carbonyl (C=O) groups excluding carboxylic acids is 1. The molecule has 1 heterocycles. The molecular formula is C13H14Cl2N2O. The van der Waals surface area contributed by atoms with E-state index in [2.05, 4.69) is 0 Å². The lowest BCUT2D eigenvalue weighted by atomic mass is 10.0. The van der Waals surface area contributed by atoms with Gasteiger partial charge in [-0.2, -0.15) is 0 Å². The molecule has 3 rings (SSSR count). The van der Waals surface area contributed by atoms with E-state index in [0.717, 1.165) is 18.4 Å². The highest BCUT2D eigenvalue weighted by molar-refractivity contribution is 6.34. The lowest BCUT2D eigenvalue weighted by molar-refractivity contribution is -0.129. The first kappa shape index (κ1) is 12.3. The molecule has 0 spiro atoms. The number of hydrogen-bond donors (Lipinski definition) is 1. The molecule has 2 unspecified atom stereocenters. The average molecular weight is 285 g/mol. The number of nitrogens with two attached hydrogens (primary N) is 1. The normalized spacial score (nSPS) is 27.9. The van der Waals surface area contributed by atoms with E-state index in [-0.39, 0.29) is 18.0 Å². The van der Waals surface area contributed by atoms with Crippen molar-refractivity contribution in [3.05, 3.63) is 33.8 Å². The summed E-state index contributed by atoms with van der Waals surface area (Å²) in [6.07, 6.45) is 2.55. The fourth-order valence-corrected chi connectivity index (χ4v) is 3.26. The van der Waals surface area contributed by atoms with E-state index in [0.29, 0.717) is 22.5 Å². The van der Waals surface area contributed by atoms with Gasteiger partial charge in [0.15, 0.2) is 0 Å². The summed E-state index contributed by atoms with van der Waals surface area (Å²) in [5, 5.41) is 1.17. The number of amides is 1. The first-order valence-corrected chi connectivity index (χ1v) is 6.84. The molecule has 1 aromatic rings. The molecule has 1 aliphatic carbocycles. The molecule has 1 aromatic carbocycles. The van der Waals surface area contributed by atoms with Gasteiger partial charge in [0, 0.05) is 28.5 Å². The Labute approximate surface area is 116 Å². The number of hydrogen-bond acceptors (Lipinski definition) is 2. The van der Waals surface area contributed by atoms with Crippen molar-refractivity contribution in [1.82, 2.24) is 4.90 Å². The minimum absolute atomic E-state index is 0.0822.